The van der Waals surface area contributed by atoms with E-state index in [4.69, 9.17) is 23.2 Å². The molecule has 0 amide bonds. The topological polar surface area (TPSA) is 43.6 Å². The van der Waals surface area contributed by atoms with Crippen molar-refractivity contribution in [3.05, 3.63) is 47.1 Å². The van der Waals surface area contributed by atoms with E-state index in [0.29, 0.717) is 16.7 Å². The molecule has 2 aromatic heterocycles. The molecule has 0 aliphatic heterocycles. The molecule has 0 spiro atoms. The summed E-state index contributed by atoms with van der Waals surface area (Å²) in [5.74, 6) is 0.935. The first-order valence-corrected chi connectivity index (χ1v) is 6.22. The Hall–Kier alpha value is -1.65. The predicted molar refractivity (Wildman–Crippen MR) is 71.2 cm³/mol. The summed E-state index contributed by atoms with van der Waals surface area (Å²) in [6, 6.07) is 9.42. The average Bonchev–Trinajstić information content (AvgIpc) is 2.82. The van der Waals surface area contributed by atoms with Crippen molar-refractivity contribution in [1.29, 1.82) is 0 Å². The first-order chi connectivity index (χ1) is 8.79. The van der Waals surface area contributed by atoms with Gasteiger partial charge in [-0.2, -0.15) is 4.68 Å². The fraction of sp³-hybridized carbons (Fsp3) is 0.0833. The molecule has 0 aliphatic carbocycles. The van der Waals surface area contributed by atoms with Gasteiger partial charge in [0, 0.05) is 12.1 Å². The van der Waals surface area contributed by atoms with E-state index in [1.807, 2.05) is 24.3 Å². The van der Waals surface area contributed by atoms with E-state index in [1.165, 1.54) is 0 Å². The quantitative estimate of drug-likeness (QED) is 0.676. The first-order valence-electron chi connectivity index (χ1n) is 5.31. The number of rotatable bonds is 2. The van der Waals surface area contributed by atoms with Crippen LogP contribution in [0.25, 0.3) is 16.9 Å². The number of hydrogen-bond donors (Lipinski definition) is 0. The van der Waals surface area contributed by atoms with E-state index in [0.717, 1.165) is 16.6 Å². The molecule has 0 aliphatic rings. The molecular weight excluding hydrogens is 271 g/mol. The molecule has 18 heavy (non-hydrogen) atoms. The monoisotopic (exact) mass is 278 g/mol. The highest BCUT2D eigenvalue weighted by Crippen LogP contribution is 2.22. The third kappa shape index (κ3) is 1.83. The number of nitrogens with zero attached hydrogens (tertiary/aromatic N) is 4. The fourth-order valence-electron chi connectivity index (χ4n) is 1.72. The summed E-state index contributed by atoms with van der Waals surface area (Å²) in [5.41, 5.74) is 2.54. The van der Waals surface area contributed by atoms with E-state index in [1.54, 1.807) is 16.9 Å². The number of hydrogen-bond acceptors (Lipinski definition) is 3. The lowest BCUT2D eigenvalue weighted by atomic mass is 10.3. The van der Waals surface area contributed by atoms with Crippen LogP contribution in [0, 0.1) is 0 Å². The Morgan fingerprint density at radius 1 is 1.22 bits per heavy atom. The van der Waals surface area contributed by atoms with Crippen molar-refractivity contribution >= 4 is 34.2 Å². The van der Waals surface area contributed by atoms with E-state index in [-0.39, 0.29) is 0 Å². The molecule has 3 aromatic rings. The number of aromatic nitrogens is 4. The number of alkyl halides is 1. The van der Waals surface area contributed by atoms with E-state index >= 15 is 0 Å². The van der Waals surface area contributed by atoms with Crippen LogP contribution < -0.4 is 0 Å². The minimum absolute atomic E-state index is 0.380. The molecule has 0 saturated heterocycles. The Labute approximate surface area is 113 Å². The average molecular weight is 279 g/mol. The molecule has 6 heteroatoms. The molecule has 90 valence electrons. The van der Waals surface area contributed by atoms with Gasteiger partial charge in [0.05, 0.1) is 10.5 Å². The lowest BCUT2D eigenvalue weighted by molar-refractivity contribution is 0.800. The second-order valence-corrected chi connectivity index (χ2v) is 4.45. The van der Waals surface area contributed by atoms with Gasteiger partial charge in [0.25, 0.3) is 0 Å². The van der Waals surface area contributed by atoms with Crippen molar-refractivity contribution in [3.63, 3.8) is 0 Å². The van der Waals surface area contributed by atoms with Gasteiger partial charge in [-0.15, -0.1) is 16.7 Å². The molecule has 0 saturated carbocycles. The Morgan fingerprint density at radius 2 is 2.06 bits per heavy atom. The standard InChI is InChI=1S/C12H8Cl2N4/c13-6-8-5-9(14)12(15-7-8)18-11-4-2-1-3-10(11)16-17-18/h1-5,7H,6H2. The van der Waals surface area contributed by atoms with Crippen LogP contribution in [0.15, 0.2) is 36.5 Å². The highest BCUT2D eigenvalue weighted by atomic mass is 35.5. The van der Waals surface area contributed by atoms with Gasteiger partial charge in [0.15, 0.2) is 5.82 Å². The Bertz CT molecular complexity index is 708. The number of para-hydroxylation sites is 1. The smallest absolute Gasteiger partial charge is 0.174 e. The summed E-state index contributed by atoms with van der Waals surface area (Å²) in [5, 5.41) is 8.64. The van der Waals surface area contributed by atoms with Gasteiger partial charge in [0.2, 0.25) is 0 Å². The zero-order chi connectivity index (χ0) is 12.5. The second-order valence-electron chi connectivity index (χ2n) is 3.77. The summed E-state index contributed by atoms with van der Waals surface area (Å²) in [7, 11) is 0. The normalized spacial score (nSPS) is 11.0. The first kappa shape index (κ1) is 11.4. The zero-order valence-corrected chi connectivity index (χ0v) is 10.7. The summed E-state index contributed by atoms with van der Waals surface area (Å²) in [4.78, 5) is 4.29. The van der Waals surface area contributed by atoms with Gasteiger partial charge < -0.3 is 0 Å². The summed E-state index contributed by atoms with van der Waals surface area (Å²) < 4.78 is 1.62. The number of fused-ring (bicyclic) bond motifs is 1. The Kier molecular flexibility index (Phi) is 2.89. The van der Waals surface area contributed by atoms with Gasteiger partial charge in [-0.3, -0.25) is 0 Å². The van der Waals surface area contributed by atoms with E-state index in [9.17, 15) is 0 Å². The molecule has 4 nitrogen and oxygen atoms in total. The molecular formula is C12H8Cl2N4. The maximum Gasteiger partial charge on any atom is 0.174 e. The zero-order valence-electron chi connectivity index (χ0n) is 9.22. The molecule has 2 heterocycles. The lowest BCUT2D eigenvalue weighted by Gasteiger charge is -2.04. The highest BCUT2D eigenvalue weighted by molar-refractivity contribution is 6.32. The van der Waals surface area contributed by atoms with Crippen molar-refractivity contribution in [2.45, 2.75) is 5.88 Å². The predicted octanol–water partition coefficient (Wildman–Crippen LogP) is 3.21. The van der Waals surface area contributed by atoms with Crippen molar-refractivity contribution in [3.8, 4) is 5.82 Å². The second kappa shape index (κ2) is 4.55. The molecule has 0 bridgehead atoms. The van der Waals surface area contributed by atoms with Crippen LogP contribution in [0.4, 0.5) is 0 Å². The maximum absolute atomic E-state index is 6.19. The van der Waals surface area contributed by atoms with Crippen LogP contribution in [0.1, 0.15) is 5.56 Å². The Morgan fingerprint density at radius 3 is 2.83 bits per heavy atom. The van der Waals surface area contributed by atoms with Crippen LogP contribution >= 0.6 is 23.2 Å². The largest absolute Gasteiger partial charge is 0.235 e. The maximum atomic E-state index is 6.19. The van der Waals surface area contributed by atoms with Crippen LogP contribution in [0.5, 0.6) is 0 Å². The van der Waals surface area contributed by atoms with Crippen molar-refractivity contribution in [2.75, 3.05) is 0 Å². The van der Waals surface area contributed by atoms with Gasteiger partial charge in [0.1, 0.15) is 5.52 Å². The van der Waals surface area contributed by atoms with Crippen molar-refractivity contribution < 1.29 is 0 Å². The molecule has 0 atom stereocenters. The van der Waals surface area contributed by atoms with Gasteiger partial charge in [-0.05, 0) is 23.8 Å². The minimum Gasteiger partial charge on any atom is -0.235 e. The number of pyridine rings is 1. The molecule has 1 aromatic carbocycles. The minimum atomic E-state index is 0.380. The summed E-state index contributed by atoms with van der Waals surface area (Å²) in [6.45, 7) is 0. The molecule has 0 fully saturated rings. The number of halogens is 2. The highest BCUT2D eigenvalue weighted by Gasteiger charge is 2.10. The van der Waals surface area contributed by atoms with Gasteiger partial charge >= 0.3 is 0 Å². The SMILES string of the molecule is ClCc1cnc(-n2nnc3ccccc32)c(Cl)c1. The summed E-state index contributed by atoms with van der Waals surface area (Å²) >= 11 is 11.9. The van der Waals surface area contributed by atoms with Gasteiger partial charge in [-0.25, -0.2) is 4.98 Å². The molecule has 0 unspecified atom stereocenters. The number of benzene rings is 1. The molecule has 0 N–H and O–H groups in total. The van der Waals surface area contributed by atoms with E-state index in [2.05, 4.69) is 15.3 Å². The van der Waals surface area contributed by atoms with E-state index < -0.39 is 0 Å². The van der Waals surface area contributed by atoms with Crippen LogP contribution in [0.3, 0.4) is 0 Å². The van der Waals surface area contributed by atoms with Crippen LogP contribution in [-0.2, 0) is 5.88 Å². The molecule has 3 rings (SSSR count). The van der Waals surface area contributed by atoms with Crippen molar-refractivity contribution in [1.82, 2.24) is 20.0 Å². The lowest BCUT2D eigenvalue weighted by Crippen LogP contribution is -2.01. The van der Waals surface area contributed by atoms with Gasteiger partial charge in [-0.1, -0.05) is 28.9 Å². The Balaban J connectivity index is 2.20. The fourth-order valence-corrected chi connectivity index (χ4v) is 2.14. The third-order valence-corrected chi connectivity index (χ3v) is 3.17. The van der Waals surface area contributed by atoms with Crippen LogP contribution in [-0.4, -0.2) is 20.0 Å². The van der Waals surface area contributed by atoms with Crippen molar-refractivity contribution in [2.24, 2.45) is 0 Å². The van der Waals surface area contributed by atoms with Crippen LogP contribution in [0.2, 0.25) is 5.02 Å². The molecule has 0 radical (unpaired) electrons. The third-order valence-electron chi connectivity index (χ3n) is 2.59. The summed E-state index contributed by atoms with van der Waals surface area (Å²) in [6.07, 6.45) is 1.69.